The Hall–Kier alpha value is -2.08. The van der Waals surface area contributed by atoms with Crippen molar-refractivity contribution < 1.29 is 19.4 Å². The third-order valence-corrected chi connectivity index (χ3v) is 3.02. The third kappa shape index (κ3) is 5.83. The molecule has 0 aliphatic heterocycles. The number of carboxylic acid groups (broad SMARTS) is 1. The van der Waals surface area contributed by atoms with E-state index in [2.05, 4.69) is 5.32 Å². The van der Waals surface area contributed by atoms with Gasteiger partial charge in [0.25, 0.3) is 0 Å². The molecule has 0 aliphatic rings. The number of nitrogens with one attached hydrogen (secondary N) is 1. The van der Waals surface area contributed by atoms with E-state index < -0.39 is 5.97 Å². The first-order chi connectivity index (χ1) is 9.93. The van der Waals surface area contributed by atoms with Crippen molar-refractivity contribution in [2.24, 2.45) is 5.92 Å². The van der Waals surface area contributed by atoms with E-state index in [1.54, 1.807) is 31.2 Å². The van der Waals surface area contributed by atoms with Gasteiger partial charge in [-0.15, -0.1) is 0 Å². The number of carbonyl (C=O) groups is 2. The fourth-order valence-corrected chi connectivity index (χ4v) is 1.84. The molecule has 6 nitrogen and oxygen atoms in total. The second kappa shape index (κ2) is 8.26. The van der Waals surface area contributed by atoms with Crippen LogP contribution in [0, 0.1) is 5.92 Å². The summed E-state index contributed by atoms with van der Waals surface area (Å²) in [6.07, 6.45) is 0. The molecule has 1 aromatic rings. The molecule has 0 radical (unpaired) electrons. The standard InChI is InChI=1S/C15H22N2O4/c1-11(10-21-3)8-16-15(20)17(2)9-12-4-6-13(7-5-12)14(18)19/h4-7,11H,8-10H2,1-3H3,(H,16,20)(H,18,19). The van der Waals surface area contributed by atoms with Crippen LogP contribution in [0.25, 0.3) is 0 Å². The Morgan fingerprint density at radius 3 is 2.48 bits per heavy atom. The molecule has 0 aromatic heterocycles. The lowest BCUT2D eigenvalue weighted by atomic mass is 10.1. The molecule has 1 unspecified atom stereocenters. The van der Waals surface area contributed by atoms with Crippen LogP contribution in [0.1, 0.15) is 22.8 Å². The predicted molar refractivity (Wildman–Crippen MR) is 79.3 cm³/mol. The van der Waals surface area contributed by atoms with E-state index in [1.165, 1.54) is 12.1 Å². The smallest absolute Gasteiger partial charge is 0.335 e. The van der Waals surface area contributed by atoms with Crippen molar-refractivity contribution >= 4 is 12.0 Å². The summed E-state index contributed by atoms with van der Waals surface area (Å²) >= 11 is 0. The van der Waals surface area contributed by atoms with Gasteiger partial charge in [-0.05, 0) is 23.6 Å². The van der Waals surface area contributed by atoms with Gasteiger partial charge in [-0.25, -0.2) is 9.59 Å². The molecular weight excluding hydrogens is 272 g/mol. The Labute approximate surface area is 124 Å². The number of nitrogens with zero attached hydrogens (tertiary/aromatic N) is 1. The van der Waals surface area contributed by atoms with E-state index in [4.69, 9.17) is 9.84 Å². The van der Waals surface area contributed by atoms with Gasteiger partial charge in [-0.2, -0.15) is 0 Å². The van der Waals surface area contributed by atoms with Gasteiger partial charge < -0.3 is 20.1 Å². The third-order valence-electron chi connectivity index (χ3n) is 3.02. The molecule has 0 bridgehead atoms. The molecule has 0 fully saturated rings. The number of urea groups is 1. The maximum absolute atomic E-state index is 11.9. The second-order valence-corrected chi connectivity index (χ2v) is 5.10. The van der Waals surface area contributed by atoms with E-state index in [1.807, 2.05) is 6.92 Å². The molecule has 6 heteroatoms. The highest BCUT2D eigenvalue weighted by Gasteiger charge is 2.11. The van der Waals surface area contributed by atoms with Gasteiger partial charge in [0.15, 0.2) is 0 Å². The maximum Gasteiger partial charge on any atom is 0.335 e. The first kappa shape index (κ1) is 17.0. The summed E-state index contributed by atoms with van der Waals surface area (Å²) in [6, 6.07) is 6.32. The lowest BCUT2D eigenvalue weighted by Gasteiger charge is -2.19. The minimum Gasteiger partial charge on any atom is -0.478 e. The first-order valence-electron chi connectivity index (χ1n) is 6.74. The summed E-state index contributed by atoms with van der Waals surface area (Å²) in [4.78, 5) is 24.2. The molecule has 2 N–H and O–H groups in total. The molecule has 0 spiro atoms. The number of carboxylic acids is 1. The van der Waals surface area contributed by atoms with E-state index in [0.717, 1.165) is 5.56 Å². The molecule has 0 saturated heterocycles. The number of benzene rings is 1. The van der Waals surface area contributed by atoms with Crippen LogP contribution in [0.3, 0.4) is 0 Å². The van der Waals surface area contributed by atoms with Crippen molar-refractivity contribution in [1.29, 1.82) is 0 Å². The van der Waals surface area contributed by atoms with Gasteiger partial charge in [0.1, 0.15) is 0 Å². The van der Waals surface area contributed by atoms with Crippen molar-refractivity contribution in [3.63, 3.8) is 0 Å². The van der Waals surface area contributed by atoms with Crippen LogP contribution in [0.4, 0.5) is 4.79 Å². The summed E-state index contributed by atoms with van der Waals surface area (Å²) in [5, 5.41) is 11.7. The number of amides is 2. The summed E-state index contributed by atoms with van der Waals surface area (Å²) < 4.78 is 5.01. The van der Waals surface area contributed by atoms with E-state index in [-0.39, 0.29) is 17.5 Å². The topological polar surface area (TPSA) is 78.9 Å². The summed E-state index contributed by atoms with van der Waals surface area (Å²) in [5.74, 6) is -0.707. The van der Waals surface area contributed by atoms with Crippen LogP contribution in [0.2, 0.25) is 0 Å². The maximum atomic E-state index is 11.9. The van der Waals surface area contributed by atoms with Crippen LogP contribution in [-0.4, -0.2) is 49.3 Å². The minimum atomic E-state index is -0.959. The van der Waals surface area contributed by atoms with Crippen LogP contribution in [0.15, 0.2) is 24.3 Å². The van der Waals surface area contributed by atoms with Crippen molar-refractivity contribution in [3.8, 4) is 0 Å². The number of ether oxygens (including phenoxy) is 1. The molecule has 0 aliphatic carbocycles. The average Bonchev–Trinajstić information content (AvgIpc) is 2.45. The molecule has 0 saturated carbocycles. The van der Waals surface area contributed by atoms with Gasteiger partial charge in [-0.3, -0.25) is 0 Å². The van der Waals surface area contributed by atoms with Crippen molar-refractivity contribution in [3.05, 3.63) is 35.4 Å². The number of methoxy groups -OCH3 is 1. The van der Waals surface area contributed by atoms with Gasteiger partial charge in [0.2, 0.25) is 0 Å². The molecule has 1 aromatic carbocycles. The van der Waals surface area contributed by atoms with Gasteiger partial charge in [0, 0.05) is 27.2 Å². The Balaban J connectivity index is 2.46. The largest absolute Gasteiger partial charge is 0.478 e. The predicted octanol–water partition coefficient (Wildman–Crippen LogP) is 1.81. The van der Waals surface area contributed by atoms with E-state index in [0.29, 0.717) is 19.7 Å². The molecular formula is C15H22N2O4. The number of hydrogen-bond acceptors (Lipinski definition) is 3. The number of carbonyl (C=O) groups excluding carboxylic acids is 1. The summed E-state index contributed by atoms with van der Waals surface area (Å²) in [7, 11) is 3.33. The first-order valence-corrected chi connectivity index (χ1v) is 6.74. The fraction of sp³-hybridized carbons (Fsp3) is 0.467. The van der Waals surface area contributed by atoms with E-state index in [9.17, 15) is 9.59 Å². The van der Waals surface area contributed by atoms with Crippen LogP contribution in [-0.2, 0) is 11.3 Å². The zero-order chi connectivity index (χ0) is 15.8. The highest BCUT2D eigenvalue weighted by atomic mass is 16.5. The highest BCUT2D eigenvalue weighted by molar-refractivity contribution is 5.87. The van der Waals surface area contributed by atoms with E-state index >= 15 is 0 Å². The lowest BCUT2D eigenvalue weighted by Crippen LogP contribution is -2.39. The van der Waals surface area contributed by atoms with Gasteiger partial charge in [-0.1, -0.05) is 19.1 Å². The number of aromatic carboxylic acids is 1. The van der Waals surface area contributed by atoms with Crippen LogP contribution in [0.5, 0.6) is 0 Å². The minimum absolute atomic E-state index is 0.166. The van der Waals surface area contributed by atoms with Gasteiger partial charge in [0.05, 0.1) is 12.2 Å². The van der Waals surface area contributed by atoms with Crippen molar-refractivity contribution in [1.82, 2.24) is 10.2 Å². The number of hydrogen-bond donors (Lipinski definition) is 2. The molecule has 1 rings (SSSR count). The molecule has 116 valence electrons. The normalized spacial score (nSPS) is 11.8. The zero-order valence-corrected chi connectivity index (χ0v) is 12.6. The highest BCUT2D eigenvalue weighted by Crippen LogP contribution is 2.07. The summed E-state index contributed by atoms with van der Waals surface area (Å²) in [5.41, 5.74) is 1.11. The summed E-state index contributed by atoms with van der Waals surface area (Å²) in [6.45, 7) is 3.56. The molecule has 2 amide bonds. The Kier molecular flexibility index (Phi) is 6.68. The second-order valence-electron chi connectivity index (χ2n) is 5.10. The van der Waals surface area contributed by atoms with Gasteiger partial charge >= 0.3 is 12.0 Å². The fourth-order valence-electron chi connectivity index (χ4n) is 1.84. The molecule has 0 heterocycles. The zero-order valence-electron chi connectivity index (χ0n) is 12.6. The van der Waals surface area contributed by atoms with Crippen molar-refractivity contribution in [2.75, 3.05) is 27.3 Å². The Morgan fingerprint density at radius 2 is 1.95 bits per heavy atom. The number of rotatable bonds is 7. The van der Waals surface area contributed by atoms with Crippen LogP contribution < -0.4 is 5.32 Å². The average molecular weight is 294 g/mol. The Morgan fingerprint density at radius 1 is 1.33 bits per heavy atom. The van der Waals surface area contributed by atoms with Crippen molar-refractivity contribution in [2.45, 2.75) is 13.5 Å². The monoisotopic (exact) mass is 294 g/mol. The SMILES string of the molecule is COCC(C)CNC(=O)N(C)Cc1ccc(C(=O)O)cc1. The molecule has 21 heavy (non-hydrogen) atoms. The lowest BCUT2D eigenvalue weighted by molar-refractivity contribution is 0.0697. The van der Waals surface area contributed by atoms with Crippen LogP contribution >= 0.6 is 0 Å². The quantitative estimate of drug-likeness (QED) is 0.804. The molecule has 1 atom stereocenters. The Bertz CT molecular complexity index is 473.